The van der Waals surface area contributed by atoms with Gasteiger partial charge < -0.3 is 0 Å². The predicted octanol–water partition coefficient (Wildman–Crippen LogP) is 3.66. The molecule has 7 heteroatoms. The summed E-state index contributed by atoms with van der Waals surface area (Å²) < 4.78 is 0. The number of aromatic nitrogens is 4. The molecule has 4 rings (SSSR count). The van der Waals surface area contributed by atoms with Crippen molar-refractivity contribution in [2.45, 2.75) is 0 Å². The summed E-state index contributed by atoms with van der Waals surface area (Å²) >= 11 is 0. The highest BCUT2D eigenvalue weighted by Crippen LogP contribution is 2.31. The first-order valence-electron chi connectivity index (χ1n) is 7.49. The maximum absolute atomic E-state index is 11.0. The molecule has 0 radical (unpaired) electrons. The number of fused-ring (bicyclic) bond motifs is 1. The SMILES string of the molecule is O=[N+]([O-])c1ccc2nc(-c3cccnc3)c(-c3cccnc3)nc2c1. The van der Waals surface area contributed by atoms with Gasteiger partial charge in [0.15, 0.2) is 0 Å². The lowest BCUT2D eigenvalue weighted by atomic mass is 10.1. The summed E-state index contributed by atoms with van der Waals surface area (Å²) in [7, 11) is 0. The van der Waals surface area contributed by atoms with Gasteiger partial charge in [-0.2, -0.15) is 0 Å². The van der Waals surface area contributed by atoms with Crippen LogP contribution in [0.2, 0.25) is 0 Å². The van der Waals surface area contributed by atoms with Crippen LogP contribution in [0.5, 0.6) is 0 Å². The van der Waals surface area contributed by atoms with Crippen molar-refractivity contribution in [1.29, 1.82) is 0 Å². The Bertz CT molecular complexity index is 1070. The average molecular weight is 329 g/mol. The van der Waals surface area contributed by atoms with Gasteiger partial charge in [-0.15, -0.1) is 0 Å². The molecule has 0 N–H and O–H groups in total. The van der Waals surface area contributed by atoms with Crippen molar-refractivity contribution in [2.75, 3.05) is 0 Å². The van der Waals surface area contributed by atoms with E-state index in [1.165, 1.54) is 12.1 Å². The molecule has 3 heterocycles. The summed E-state index contributed by atoms with van der Waals surface area (Å²) in [6.07, 6.45) is 6.76. The molecule has 3 aromatic heterocycles. The monoisotopic (exact) mass is 329 g/mol. The zero-order valence-corrected chi connectivity index (χ0v) is 12.9. The molecular weight excluding hydrogens is 318 g/mol. The molecular formula is C18H11N5O2. The minimum atomic E-state index is -0.445. The third kappa shape index (κ3) is 2.78. The first-order chi connectivity index (χ1) is 12.2. The summed E-state index contributed by atoms with van der Waals surface area (Å²) in [5, 5.41) is 11.0. The molecule has 0 aliphatic rings. The van der Waals surface area contributed by atoms with Gasteiger partial charge in [-0.1, -0.05) is 0 Å². The van der Waals surface area contributed by atoms with Crippen molar-refractivity contribution in [3.8, 4) is 22.5 Å². The van der Waals surface area contributed by atoms with Crippen LogP contribution in [-0.2, 0) is 0 Å². The smallest absolute Gasteiger partial charge is 0.264 e. The third-order valence-electron chi connectivity index (χ3n) is 3.73. The zero-order valence-electron chi connectivity index (χ0n) is 12.9. The average Bonchev–Trinajstić information content (AvgIpc) is 2.68. The minimum absolute atomic E-state index is 0.0203. The summed E-state index contributed by atoms with van der Waals surface area (Å²) in [4.78, 5) is 28.2. The summed E-state index contributed by atoms with van der Waals surface area (Å²) in [5.74, 6) is 0. The van der Waals surface area contributed by atoms with Crippen LogP contribution in [0.4, 0.5) is 5.69 Å². The van der Waals surface area contributed by atoms with Gasteiger partial charge in [0.05, 0.1) is 27.3 Å². The second-order valence-electron chi connectivity index (χ2n) is 5.33. The van der Waals surface area contributed by atoms with Crippen molar-refractivity contribution < 1.29 is 4.92 Å². The summed E-state index contributed by atoms with van der Waals surface area (Å²) in [6, 6.07) is 11.9. The molecule has 7 nitrogen and oxygen atoms in total. The molecule has 0 saturated heterocycles. The molecule has 1 aromatic carbocycles. The highest BCUT2D eigenvalue weighted by molar-refractivity contribution is 5.86. The molecule has 0 aliphatic heterocycles. The van der Waals surface area contributed by atoms with E-state index < -0.39 is 4.92 Å². The number of hydrogen-bond donors (Lipinski definition) is 0. The van der Waals surface area contributed by atoms with Gasteiger partial charge in [0.1, 0.15) is 0 Å². The van der Waals surface area contributed by atoms with E-state index >= 15 is 0 Å². The molecule has 0 amide bonds. The number of nitro benzene ring substituents is 1. The van der Waals surface area contributed by atoms with Gasteiger partial charge in [-0.25, -0.2) is 9.97 Å². The van der Waals surface area contributed by atoms with E-state index in [-0.39, 0.29) is 5.69 Å². The van der Waals surface area contributed by atoms with Crippen LogP contribution in [-0.4, -0.2) is 24.9 Å². The fourth-order valence-electron chi connectivity index (χ4n) is 2.56. The molecule has 0 bridgehead atoms. The van der Waals surface area contributed by atoms with Gasteiger partial charge in [-0.05, 0) is 30.3 Å². The van der Waals surface area contributed by atoms with Crippen molar-refractivity contribution in [3.05, 3.63) is 77.4 Å². The number of nitrogens with zero attached hydrogens (tertiary/aromatic N) is 5. The number of hydrogen-bond acceptors (Lipinski definition) is 6. The van der Waals surface area contributed by atoms with E-state index in [9.17, 15) is 10.1 Å². The van der Waals surface area contributed by atoms with E-state index in [1.807, 2.05) is 24.3 Å². The van der Waals surface area contributed by atoms with Crippen LogP contribution in [0.3, 0.4) is 0 Å². The third-order valence-corrected chi connectivity index (χ3v) is 3.73. The number of rotatable bonds is 3. The maximum Gasteiger partial charge on any atom is 0.271 e. The molecule has 0 aliphatic carbocycles. The molecule has 0 fully saturated rings. The standard InChI is InChI=1S/C18H11N5O2/c24-23(25)14-5-6-15-16(9-14)22-18(13-4-2-8-20-11-13)17(21-15)12-3-1-7-19-10-12/h1-11H. The topological polar surface area (TPSA) is 94.7 Å². The van der Waals surface area contributed by atoms with Gasteiger partial charge in [0, 0.05) is 48.0 Å². The zero-order chi connectivity index (χ0) is 17.2. The second-order valence-corrected chi connectivity index (χ2v) is 5.33. The Labute approximate surface area is 142 Å². The summed E-state index contributed by atoms with van der Waals surface area (Å²) in [5.41, 5.74) is 3.87. The second kappa shape index (κ2) is 6.04. The van der Waals surface area contributed by atoms with Gasteiger partial charge >= 0.3 is 0 Å². The molecule has 4 aromatic rings. The first kappa shape index (κ1) is 14.8. The fourth-order valence-corrected chi connectivity index (χ4v) is 2.56. The van der Waals surface area contributed by atoms with E-state index in [1.54, 1.807) is 30.9 Å². The van der Waals surface area contributed by atoms with Crippen molar-refractivity contribution in [3.63, 3.8) is 0 Å². The number of non-ortho nitro benzene ring substituents is 1. The van der Waals surface area contributed by atoms with Crippen LogP contribution >= 0.6 is 0 Å². The largest absolute Gasteiger partial charge is 0.271 e. The van der Waals surface area contributed by atoms with Crippen molar-refractivity contribution >= 4 is 16.7 Å². The molecule has 0 atom stereocenters. The van der Waals surface area contributed by atoms with Gasteiger partial charge in [0.2, 0.25) is 0 Å². The van der Waals surface area contributed by atoms with Crippen molar-refractivity contribution in [1.82, 2.24) is 19.9 Å². The quantitative estimate of drug-likeness (QED) is 0.420. The Morgan fingerprint density at radius 2 is 1.40 bits per heavy atom. The number of nitro groups is 1. The van der Waals surface area contributed by atoms with Crippen LogP contribution in [0.1, 0.15) is 0 Å². The van der Waals surface area contributed by atoms with Gasteiger partial charge in [-0.3, -0.25) is 20.1 Å². The van der Waals surface area contributed by atoms with Crippen LogP contribution in [0.25, 0.3) is 33.5 Å². The molecule has 0 unspecified atom stereocenters. The van der Waals surface area contributed by atoms with Crippen LogP contribution in [0, 0.1) is 10.1 Å². The Hall–Kier alpha value is -3.74. The Kier molecular flexibility index (Phi) is 3.59. The number of pyridine rings is 2. The van der Waals surface area contributed by atoms with E-state index in [0.717, 1.165) is 11.1 Å². The minimum Gasteiger partial charge on any atom is -0.264 e. The lowest BCUT2D eigenvalue weighted by Gasteiger charge is -2.09. The molecule has 120 valence electrons. The summed E-state index contributed by atoms with van der Waals surface area (Å²) in [6.45, 7) is 0. The predicted molar refractivity (Wildman–Crippen MR) is 92.7 cm³/mol. The first-order valence-corrected chi connectivity index (χ1v) is 7.49. The molecule has 0 saturated carbocycles. The van der Waals surface area contributed by atoms with Gasteiger partial charge in [0.25, 0.3) is 5.69 Å². The lowest BCUT2D eigenvalue weighted by Crippen LogP contribution is -1.97. The highest BCUT2D eigenvalue weighted by Gasteiger charge is 2.15. The van der Waals surface area contributed by atoms with E-state index in [0.29, 0.717) is 22.4 Å². The maximum atomic E-state index is 11.0. The van der Waals surface area contributed by atoms with E-state index in [2.05, 4.69) is 19.9 Å². The Morgan fingerprint density at radius 1 is 0.800 bits per heavy atom. The van der Waals surface area contributed by atoms with E-state index in [4.69, 9.17) is 0 Å². The fraction of sp³-hybridized carbons (Fsp3) is 0. The Morgan fingerprint density at radius 3 is 1.92 bits per heavy atom. The number of benzene rings is 1. The Balaban J connectivity index is 2.02. The van der Waals surface area contributed by atoms with Crippen LogP contribution in [0.15, 0.2) is 67.3 Å². The van der Waals surface area contributed by atoms with Crippen LogP contribution < -0.4 is 0 Å². The molecule has 0 spiro atoms. The van der Waals surface area contributed by atoms with Crippen molar-refractivity contribution in [2.24, 2.45) is 0 Å². The molecule has 25 heavy (non-hydrogen) atoms. The normalized spacial score (nSPS) is 10.7. The highest BCUT2D eigenvalue weighted by atomic mass is 16.6. The lowest BCUT2D eigenvalue weighted by molar-refractivity contribution is -0.384.